The van der Waals surface area contributed by atoms with Gasteiger partial charge in [0.25, 0.3) is 0 Å². The number of esters is 2. The molecule has 0 N–H and O–H groups in total. The standard InChI is InChI=1S/C24H37ClO4/c1-2-3-4-5-9-12-18-28-23(26)21-15-14-16-22(20-21)24(27)29-19-13-10-7-6-8-11-17-25/h14-16,20H,2-13,17-19H2,1H3. The minimum absolute atomic E-state index is 0.384. The highest BCUT2D eigenvalue weighted by Crippen LogP contribution is 2.11. The summed E-state index contributed by atoms with van der Waals surface area (Å²) in [5, 5.41) is 0. The van der Waals surface area contributed by atoms with Gasteiger partial charge in [0.05, 0.1) is 24.3 Å². The zero-order valence-electron chi connectivity index (χ0n) is 17.9. The lowest BCUT2D eigenvalue weighted by Crippen LogP contribution is -2.10. The molecular weight excluding hydrogens is 388 g/mol. The molecule has 5 heteroatoms. The van der Waals surface area contributed by atoms with Crippen molar-refractivity contribution in [1.82, 2.24) is 0 Å². The van der Waals surface area contributed by atoms with E-state index in [9.17, 15) is 9.59 Å². The van der Waals surface area contributed by atoms with Crippen molar-refractivity contribution < 1.29 is 19.1 Å². The van der Waals surface area contributed by atoms with Gasteiger partial charge in [-0.15, -0.1) is 11.6 Å². The van der Waals surface area contributed by atoms with E-state index < -0.39 is 5.97 Å². The number of benzene rings is 1. The summed E-state index contributed by atoms with van der Waals surface area (Å²) in [5.41, 5.74) is 0.783. The Morgan fingerprint density at radius 3 is 1.66 bits per heavy atom. The summed E-state index contributed by atoms with van der Waals surface area (Å²) in [6.07, 6.45) is 13.3. The lowest BCUT2D eigenvalue weighted by atomic mass is 10.1. The number of hydrogen-bond acceptors (Lipinski definition) is 4. The summed E-state index contributed by atoms with van der Waals surface area (Å²) >= 11 is 5.65. The van der Waals surface area contributed by atoms with Gasteiger partial charge in [-0.1, -0.05) is 70.8 Å². The normalized spacial score (nSPS) is 10.7. The van der Waals surface area contributed by atoms with E-state index in [-0.39, 0.29) is 5.97 Å². The van der Waals surface area contributed by atoms with E-state index in [4.69, 9.17) is 21.1 Å². The van der Waals surface area contributed by atoms with E-state index in [2.05, 4.69) is 6.92 Å². The first-order valence-corrected chi connectivity index (χ1v) is 11.7. The molecule has 1 aromatic carbocycles. The average Bonchev–Trinajstić information content (AvgIpc) is 2.74. The molecule has 0 aliphatic carbocycles. The summed E-state index contributed by atoms with van der Waals surface area (Å²) in [7, 11) is 0. The largest absolute Gasteiger partial charge is 0.462 e. The van der Waals surface area contributed by atoms with E-state index in [0.717, 1.165) is 50.8 Å². The zero-order valence-corrected chi connectivity index (χ0v) is 18.7. The molecule has 0 radical (unpaired) electrons. The Hall–Kier alpha value is -1.55. The molecule has 29 heavy (non-hydrogen) atoms. The maximum atomic E-state index is 12.2. The Kier molecular flexibility index (Phi) is 15.2. The van der Waals surface area contributed by atoms with Crippen LogP contribution in [0.2, 0.25) is 0 Å². The number of unbranched alkanes of at least 4 members (excludes halogenated alkanes) is 10. The molecule has 0 heterocycles. The fourth-order valence-corrected chi connectivity index (χ4v) is 3.24. The third kappa shape index (κ3) is 12.6. The second-order valence-corrected chi connectivity index (χ2v) is 7.81. The zero-order chi connectivity index (χ0) is 21.2. The minimum atomic E-state index is -0.391. The highest BCUT2D eigenvalue weighted by Gasteiger charge is 2.12. The van der Waals surface area contributed by atoms with Gasteiger partial charge in [-0.05, 0) is 37.5 Å². The van der Waals surface area contributed by atoms with Crippen LogP contribution in [0, 0.1) is 0 Å². The second kappa shape index (κ2) is 17.3. The van der Waals surface area contributed by atoms with Crippen molar-refractivity contribution >= 4 is 23.5 Å². The third-order valence-electron chi connectivity index (χ3n) is 4.83. The lowest BCUT2D eigenvalue weighted by Gasteiger charge is -2.08. The molecule has 0 saturated carbocycles. The number of carbonyl (C=O) groups excluding carboxylic acids is 2. The Labute approximate surface area is 181 Å². The van der Waals surface area contributed by atoms with E-state index >= 15 is 0 Å². The van der Waals surface area contributed by atoms with Crippen LogP contribution < -0.4 is 0 Å². The topological polar surface area (TPSA) is 52.6 Å². The smallest absolute Gasteiger partial charge is 0.338 e. The Balaban J connectivity index is 2.24. The molecule has 4 nitrogen and oxygen atoms in total. The highest BCUT2D eigenvalue weighted by atomic mass is 35.5. The summed E-state index contributed by atoms with van der Waals surface area (Å²) in [6, 6.07) is 6.58. The molecule has 0 aromatic heterocycles. The van der Waals surface area contributed by atoms with Crippen LogP contribution >= 0.6 is 11.6 Å². The van der Waals surface area contributed by atoms with Crippen LogP contribution in [0.15, 0.2) is 24.3 Å². The van der Waals surface area contributed by atoms with Gasteiger partial charge >= 0.3 is 11.9 Å². The van der Waals surface area contributed by atoms with Crippen LogP contribution in [-0.4, -0.2) is 31.0 Å². The van der Waals surface area contributed by atoms with Crippen molar-refractivity contribution in [3.8, 4) is 0 Å². The van der Waals surface area contributed by atoms with Gasteiger partial charge < -0.3 is 9.47 Å². The summed E-state index contributed by atoms with van der Waals surface area (Å²) in [4.78, 5) is 24.4. The molecule has 0 unspecified atom stereocenters. The molecule has 0 saturated heterocycles. The van der Waals surface area contributed by atoms with Crippen molar-refractivity contribution in [2.45, 2.75) is 84.0 Å². The highest BCUT2D eigenvalue weighted by molar-refractivity contribution is 6.17. The van der Waals surface area contributed by atoms with Gasteiger partial charge in [0.15, 0.2) is 0 Å². The van der Waals surface area contributed by atoms with Crippen LogP contribution in [-0.2, 0) is 9.47 Å². The van der Waals surface area contributed by atoms with Crippen LogP contribution in [0.1, 0.15) is 105 Å². The number of hydrogen-bond donors (Lipinski definition) is 0. The first-order chi connectivity index (χ1) is 14.2. The van der Waals surface area contributed by atoms with Crippen LogP contribution in [0.25, 0.3) is 0 Å². The van der Waals surface area contributed by atoms with Crippen molar-refractivity contribution in [3.05, 3.63) is 35.4 Å². The molecule has 0 amide bonds. The fraction of sp³-hybridized carbons (Fsp3) is 0.667. The monoisotopic (exact) mass is 424 g/mol. The molecular formula is C24H37ClO4. The number of rotatable bonds is 17. The lowest BCUT2D eigenvalue weighted by molar-refractivity contribution is 0.0496. The Bertz CT molecular complexity index is 574. The molecule has 164 valence electrons. The number of halogens is 1. The number of carbonyl (C=O) groups is 2. The first kappa shape index (κ1) is 25.5. The Morgan fingerprint density at radius 2 is 1.17 bits per heavy atom. The van der Waals surface area contributed by atoms with Crippen molar-refractivity contribution in [2.75, 3.05) is 19.1 Å². The molecule has 0 fully saturated rings. The number of alkyl halides is 1. The van der Waals surface area contributed by atoms with E-state index in [0.29, 0.717) is 24.3 Å². The summed E-state index contributed by atoms with van der Waals surface area (Å²) < 4.78 is 10.6. The van der Waals surface area contributed by atoms with E-state index in [1.165, 1.54) is 32.1 Å². The van der Waals surface area contributed by atoms with Crippen molar-refractivity contribution in [2.24, 2.45) is 0 Å². The van der Waals surface area contributed by atoms with E-state index in [1.807, 2.05) is 0 Å². The minimum Gasteiger partial charge on any atom is -0.462 e. The van der Waals surface area contributed by atoms with Gasteiger partial charge in [0, 0.05) is 5.88 Å². The van der Waals surface area contributed by atoms with Gasteiger partial charge in [-0.3, -0.25) is 0 Å². The number of ether oxygens (including phenoxy) is 2. The SMILES string of the molecule is CCCCCCCCOC(=O)c1cccc(C(=O)OCCCCCCCCCl)c1. The van der Waals surface area contributed by atoms with Crippen LogP contribution in [0.3, 0.4) is 0 Å². The predicted octanol–water partition coefficient (Wildman–Crippen LogP) is 6.94. The van der Waals surface area contributed by atoms with Crippen LogP contribution in [0.5, 0.6) is 0 Å². The molecule has 0 spiro atoms. The molecule has 0 aliphatic rings. The average molecular weight is 425 g/mol. The maximum absolute atomic E-state index is 12.2. The summed E-state index contributed by atoms with van der Waals surface area (Å²) in [6.45, 7) is 3.02. The van der Waals surface area contributed by atoms with Crippen LogP contribution in [0.4, 0.5) is 0 Å². The molecule has 1 aromatic rings. The summed E-state index contributed by atoms with van der Waals surface area (Å²) in [5.74, 6) is -0.0497. The third-order valence-corrected chi connectivity index (χ3v) is 5.09. The molecule has 0 bridgehead atoms. The van der Waals surface area contributed by atoms with Gasteiger partial charge in [0.1, 0.15) is 0 Å². The van der Waals surface area contributed by atoms with Gasteiger partial charge in [0.2, 0.25) is 0 Å². The van der Waals surface area contributed by atoms with Crippen molar-refractivity contribution in [1.29, 1.82) is 0 Å². The molecule has 1 rings (SSSR count). The second-order valence-electron chi connectivity index (χ2n) is 7.43. The Morgan fingerprint density at radius 1 is 0.724 bits per heavy atom. The quantitative estimate of drug-likeness (QED) is 0.154. The molecule has 0 atom stereocenters. The van der Waals surface area contributed by atoms with Gasteiger partial charge in [-0.25, -0.2) is 9.59 Å². The van der Waals surface area contributed by atoms with Crippen molar-refractivity contribution in [3.63, 3.8) is 0 Å². The van der Waals surface area contributed by atoms with E-state index in [1.54, 1.807) is 24.3 Å². The predicted molar refractivity (Wildman–Crippen MR) is 119 cm³/mol. The van der Waals surface area contributed by atoms with Gasteiger partial charge in [-0.2, -0.15) is 0 Å². The first-order valence-electron chi connectivity index (χ1n) is 11.2. The maximum Gasteiger partial charge on any atom is 0.338 e. The fourth-order valence-electron chi connectivity index (χ4n) is 3.06. The molecule has 0 aliphatic heterocycles.